The van der Waals surface area contributed by atoms with Gasteiger partial charge in [-0.3, -0.25) is 4.79 Å². The Labute approximate surface area is 83.7 Å². The summed E-state index contributed by atoms with van der Waals surface area (Å²) in [4.78, 5) is 20.5. The lowest BCUT2D eigenvalue weighted by Gasteiger charge is -2.37. The Morgan fingerprint density at radius 3 is 2.27 bits per heavy atom. The summed E-state index contributed by atoms with van der Waals surface area (Å²) < 4.78 is 8.78. The number of hydrogen-bond acceptors (Lipinski definition) is 7. The number of rotatable bonds is 3. The van der Waals surface area contributed by atoms with Gasteiger partial charge in [0, 0.05) is 0 Å². The molecule has 0 spiro atoms. The van der Waals surface area contributed by atoms with Crippen molar-refractivity contribution in [3.8, 4) is 0 Å². The van der Waals surface area contributed by atoms with E-state index in [9.17, 15) is 24.9 Å². The molecule has 0 aromatic heterocycles. The normalized spacial score (nSPS) is 40.9. The fourth-order valence-electron chi connectivity index (χ4n) is 1.22. The van der Waals surface area contributed by atoms with Gasteiger partial charge in [-0.1, -0.05) is 0 Å². The van der Waals surface area contributed by atoms with Gasteiger partial charge in [-0.05, 0) is 0 Å². The van der Waals surface area contributed by atoms with Crippen molar-refractivity contribution in [2.24, 2.45) is 0 Å². The first-order valence-electron chi connectivity index (χ1n) is 4.00. The van der Waals surface area contributed by atoms with Gasteiger partial charge in [0.1, 0.15) is 18.3 Å². The molecule has 0 amide bonds. The number of carboxylic acid groups (broad SMARTS) is 1. The van der Waals surface area contributed by atoms with Crippen molar-refractivity contribution in [1.29, 1.82) is 0 Å². The van der Waals surface area contributed by atoms with E-state index in [0.717, 1.165) is 0 Å². The lowest BCUT2D eigenvalue weighted by Crippen LogP contribution is -2.60. The molecule has 15 heavy (non-hydrogen) atoms. The topological polar surface area (TPSA) is 134 Å². The van der Waals surface area contributed by atoms with E-state index in [4.69, 9.17) is 5.11 Å². The van der Waals surface area contributed by atoms with E-state index in [1.54, 1.807) is 0 Å². The summed E-state index contributed by atoms with van der Waals surface area (Å²) >= 11 is 0. The smallest absolute Gasteiger partial charge is 0.335 e. The number of aliphatic hydroxyl groups is 3. The first kappa shape index (κ1) is 11.9. The molecule has 86 valence electrons. The maximum absolute atomic E-state index is 10.5. The van der Waals surface area contributed by atoms with E-state index in [0.29, 0.717) is 0 Å². The molecule has 1 heterocycles. The number of hydrogen-bond donors (Lipinski definition) is 4. The van der Waals surface area contributed by atoms with E-state index < -0.39 is 36.7 Å². The number of aliphatic hydroxyl groups excluding tert-OH is 3. The van der Waals surface area contributed by atoms with Crippen LogP contribution in [0.1, 0.15) is 0 Å². The van der Waals surface area contributed by atoms with Crippen molar-refractivity contribution in [2.75, 3.05) is 0 Å². The standard InChI is InChI=1S/C7H10O8/c8-1-14-7-4(11)2(9)3(10)5(15-7)6(12)13/h1-5,7,9-11H,(H,12,13). The molecular weight excluding hydrogens is 212 g/mol. The van der Waals surface area contributed by atoms with Crippen molar-refractivity contribution in [1.82, 2.24) is 0 Å². The van der Waals surface area contributed by atoms with E-state index in [-0.39, 0.29) is 6.47 Å². The van der Waals surface area contributed by atoms with Crippen LogP contribution in [-0.4, -0.2) is 63.6 Å². The highest BCUT2D eigenvalue weighted by molar-refractivity contribution is 5.73. The van der Waals surface area contributed by atoms with Crippen LogP contribution in [-0.2, 0) is 19.1 Å². The zero-order chi connectivity index (χ0) is 11.6. The van der Waals surface area contributed by atoms with Crippen LogP contribution in [0.3, 0.4) is 0 Å². The Hall–Kier alpha value is -1.22. The molecule has 0 aromatic rings. The molecule has 1 saturated heterocycles. The summed E-state index contributed by atoms with van der Waals surface area (Å²) in [6, 6.07) is 0. The third-order valence-electron chi connectivity index (χ3n) is 2.00. The minimum absolute atomic E-state index is 0.0583. The fourth-order valence-corrected chi connectivity index (χ4v) is 1.22. The summed E-state index contributed by atoms with van der Waals surface area (Å²) in [7, 11) is 0. The molecule has 5 atom stereocenters. The van der Waals surface area contributed by atoms with E-state index in [1.807, 2.05) is 0 Å². The molecule has 0 aromatic carbocycles. The molecule has 0 aliphatic carbocycles. The van der Waals surface area contributed by atoms with Gasteiger partial charge in [0.15, 0.2) is 6.10 Å². The molecule has 1 aliphatic heterocycles. The number of carbonyl (C=O) groups excluding carboxylic acids is 1. The summed E-state index contributed by atoms with van der Waals surface area (Å²) in [5.74, 6) is -1.53. The van der Waals surface area contributed by atoms with Gasteiger partial charge in [0.2, 0.25) is 6.29 Å². The van der Waals surface area contributed by atoms with Crippen LogP contribution in [0.15, 0.2) is 0 Å². The maximum atomic E-state index is 10.5. The molecular formula is C7H10O8. The molecule has 1 fully saturated rings. The van der Waals surface area contributed by atoms with Crippen LogP contribution >= 0.6 is 0 Å². The molecule has 1 rings (SSSR count). The Morgan fingerprint density at radius 1 is 1.20 bits per heavy atom. The zero-order valence-corrected chi connectivity index (χ0v) is 7.39. The van der Waals surface area contributed by atoms with Crippen LogP contribution in [0.5, 0.6) is 0 Å². The average molecular weight is 222 g/mol. The van der Waals surface area contributed by atoms with Gasteiger partial charge in [-0.15, -0.1) is 0 Å². The van der Waals surface area contributed by atoms with Crippen LogP contribution in [0.25, 0.3) is 0 Å². The molecule has 0 radical (unpaired) electrons. The number of aliphatic carboxylic acids is 1. The second-order valence-electron chi connectivity index (χ2n) is 2.97. The van der Waals surface area contributed by atoms with Crippen LogP contribution in [0.4, 0.5) is 0 Å². The van der Waals surface area contributed by atoms with E-state index >= 15 is 0 Å². The Kier molecular flexibility index (Phi) is 3.58. The summed E-state index contributed by atoms with van der Waals surface area (Å²) in [5, 5.41) is 36.2. The molecule has 1 aliphatic rings. The Balaban J connectivity index is 2.79. The Morgan fingerprint density at radius 2 is 1.80 bits per heavy atom. The van der Waals surface area contributed by atoms with Crippen LogP contribution in [0.2, 0.25) is 0 Å². The largest absolute Gasteiger partial charge is 0.479 e. The zero-order valence-electron chi connectivity index (χ0n) is 7.39. The highest BCUT2D eigenvalue weighted by Crippen LogP contribution is 2.21. The summed E-state index contributed by atoms with van der Waals surface area (Å²) in [6.45, 7) is -0.0583. The van der Waals surface area contributed by atoms with Gasteiger partial charge in [-0.2, -0.15) is 0 Å². The van der Waals surface area contributed by atoms with Gasteiger partial charge in [0.05, 0.1) is 0 Å². The summed E-state index contributed by atoms with van der Waals surface area (Å²) in [6.07, 6.45) is -8.61. The van der Waals surface area contributed by atoms with Crippen LogP contribution in [0, 0.1) is 0 Å². The second-order valence-corrected chi connectivity index (χ2v) is 2.97. The predicted molar refractivity (Wildman–Crippen MR) is 41.5 cm³/mol. The minimum atomic E-state index is -1.79. The van der Waals surface area contributed by atoms with Crippen molar-refractivity contribution in [2.45, 2.75) is 30.7 Å². The molecule has 8 heteroatoms. The monoisotopic (exact) mass is 222 g/mol. The number of carbonyl (C=O) groups is 2. The summed E-state index contributed by atoms with van der Waals surface area (Å²) in [5.41, 5.74) is 0. The third kappa shape index (κ3) is 2.23. The number of ether oxygens (including phenoxy) is 2. The molecule has 0 bridgehead atoms. The van der Waals surface area contributed by atoms with Gasteiger partial charge < -0.3 is 29.9 Å². The van der Waals surface area contributed by atoms with Crippen molar-refractivity contribution >= 4 is 12.4 Å². The molecule has 0 saturated carbocycles. The van der Waals surface area contributed by atoms with Crippen LogP contribution < -0.4 is 0 Å². The average Bonchev–Trinajstić information content (AvgIpc) is 2.18. The molecule has 4 N–H and O–H groups in total. The highest BCUT2D eigenvalue weighted by atomic mass is 16.7. The lowest BCUT2D eigenvalue weighted by molar-refractivity contribution is -0.282. The first-order valence-corrected chi connectivity index (χ1v) is 4.00. The quantitative estimate of drug-likeness (QED) is 0.372. The van der Waals surface area contributed by atoms with Crippen molar-refractivity contribution in [3.05, 3.63) is 0 Å². The third-order valence-corrected chi connectivity index (χ3v) is 2.00. The highest BCUT2D eigenvalue weighted by Gasteiger charge is 2.47. The molecule has 8 nitrogen and oxygen atoms in total. The van der Waals surface area contributed by atoms with E-state index in [2.05, 4.69) is 9.47 Å². The lowest BCUT2D eigenvalue weighted by atomic mass is 9.99. The van der Waals surface area contributed by atoms with Crippen molar-refractivity contribution in [3.63, 3.8) is 0 Å². The Bertz CT molecular complexity index is 253. The SMILES string of the molecule is O=COC1OC(C(=O)O)C(O)C(O)C1O. The van der Waals surface area contributed by atoms with Gasteiger partial charge >= 0.3 is 5.97 Å². The van der Waals surface area contributed by atoms with Gasteiger partial charge in [0.25, 0.3) is 6.47 Å². The van der Waals surface area contributed by atoms with E-state index in [1.165, 1.54) is 0 Å². The minimum Gasteiger partial charge on any atom is -0.479 e. The maximum Gasteiger partial charge on any atom is 0.335 e. The second kappa shape index (κ2) is 4.53. The molecule has 5 unspecified atom stereocenters. The predicted octanol–water partition coefficient (Wildman–Crippen LogP) is -2.95. The van der Waals surface area contributed by atoms with Crippen molar-refractivity contribution < 1.29 is 39.5 Å². The van der Waals surface area contributed by atoms with Gasteiger partial charge in [-0.25, -0.2) is 4.79 Å². The number of carboxylic acids is 1. The fraction of sp³-hybridized carbons (Fsp3) is 0.714. The first-order chi connectivity index (χ1) is 6.99.